The third-order valence-electron chi connectivity index (χ3n) is 3.15. The number of carboxylic acid groups (broad SMARTS) is 1. The minimum atomic E-state index is -0.979. The van der Waals surface area contributed by atoms with Gasteiger partial charge in [0.2, 0.25) is 0 Å². The SMILES string of the molecule is Cc1ccc(C(C)C)cc1CNCC(O)CC(=O)O. The molecule has 0 aliphatic rings. The van der Waals surface area contributed by atoms with Crippen LogP contribution < -0.4 is 5.32 Å². The van der Waals surface area contributed by atoms with E-state index in [4.69, 9.17) is 5.11 Å². The summed E-state index contributed by atoms with van der Waals surface area (Å²) < 4.78 is 0. The van der Waals surface area contributed by atoms with Crippen molar-refractivity contribution >= 4 is 5.97 Å². The zero-order valence-corrected chi connectivity index (χ0v) is 11.8. The molecule has 0 amide bonds. The molecule has 1 unspecified atom stereocenters. The van der Waals surface area contributed by atoms with Gasteiger partial charge in [-0.1, -0.05) is 32.0 Å². The molecule has 1 aromatic carbocycles. The normalized spacial score (nSPS) is 12.7. The minimum Gasteiger partial charge on any atom is -0.481 e. The van der Waals surface area contributed by atoms with Gasteiger partial charge in [-0.05, 0) is 29.5 Å². The van der Waals surface area contributed by atoms with E-state index in [0.29, 0.717) is 12.5 Å². The quantitative estimate of drug-likeness (QED) is 0.705. The Morgan fingerprint density at radius 2 is 2.05 bits per heavy atom. The first-order chi connectivity index (χ1) is 8.90. The molecule has 0 bridgehead atoms. The monoisotopic (exact) mass is 265 g/mol. The van der Waals surface area contributed by atoms with Crippen LogP contribution in [-0.4, -0.2) is 28.8 Å². The highest BCUT2D eigenvalue weighted by molar-refractivity contribution is 5.67. The average Bonchev–Trinajstić information content (AvgIpc) is 2.30. The maximum Gasteiger partial charge on any atom is 0.306 e. The lowest BCUT2D eigenvalue weighted by Crippen LogP contribution is -2.28. The summed E-state index contributed by atoms with van der Waals surface area (Å²) in [5.74, 6) is -0.496. The van der Waals surface area contributed by atoms with Crippen molar-refractivity contribution < 1.29 is 15.0 Å². The molecular formula is C15H23NO3. The van der Waals surface area contributed by atoms with E-state index in [1.165, 1.54) is 16.7 Å². The van der Waals surface area contributed by atoms with Crippen molar-refractivity contribution in [2.75, 3.05) is 6.54 Å². The number of carbonyl (C=O) groups is 1. The molecule has 4 nitrogen and oxygen atoms in total. The molecule has 4 heteroatoms. The van der Waals surface area contributed by atoms with Crippen LogP contribution >= 0.6 is 0 Å². The Labute approximate surface area is 114 Å². The number of aliphatic carboxylic acids is 1. The Bertz CT molecular complexity index is 429. The first-order valence-electron chi connectivity index (χ1n) is 6.60. The van der Waals surface area contributed by atoms with E-state index in [1.807, 2.05) is 0 Å². The van der Waals surface area contributed by atoms with Crippen LogP contribution in [0.5, 0.6) is 0 Å². The average molecular weight is 265 g/mol. The van der Waals surface area contributed by atoms with Crippen molar-refractivity contribution in [3.05, 3.63) is 34.9 Å². The molecule has 1 aromatic rings. The van der Waals surface area contributed by atoms with Gasteiger partial charge in [-0.3, -0.25) is 4.79 Å². The molecule has 106 valence electrons. The molecule has 0 aliphatic heterocycles. The molecule has 1 rings (SSSR count). The summed E-state index contributed by atoms with van der Waals surface area (Å²) >= 11 is 0. The highest BCUT2D eigenvalue weighted by atomic mass is 16.4. The molecule has 3 N–H and O–H groups in total. The van der Waals surface area contributed by atoms with Crippen LogP contribution in [0.2, 0.25) is 0 Å². The number of aryl methyl sites for hydroxylation is 1. The smallest absolute Gasteiger partial charge is 0.306 e. The van der Waals surface area contributed by atoms with Crippen LogP contribution in [0.15, 0.2) is 18.2 Å². The molecule has 0 radical (unpaired) electrons. The molecule has 0 fully saturated rings. The fourth-order valence-corrected chi connectivity index (χ4v) is 1.89. The number of rotatable bonds is 7. The van der Waals surface area contributed by atoms with E-state index in [9.17, 15) is 9.90 Å². The predicted octanol–water partition coefficient (Wildman–Crippen LogP) is 2.04. The fourth-order valence-electron chi connectivity index (χ4n) is 1.89. The Balaban J connectivity index is 2.53. The van der Waals surface area contributed by atoms with E-state index in [2.05, 4.69) is 44.3 Å². The lowest BCUT2D eigenvalue weighted by molar-refractivity contribution is -0.139. The third-order valence-corrected chi connectivity index (χ3v) is 3.15. The number of hydrogen-bond donors (Lipinski definition) is 3. The molecular weight excluding hydrogens is 242 g/mol. The zero-order valence-electron chi connectivity index (χ0n) is 11.8. The van der Waals surface area contributed by atoms with E-state index >= 15 is 0 Å². The standard InChI is InChI=1S/C15H23NO3/c1-10(2)12-5-4-11(3)13(6-12)8-16-9-14(17)7-15(18)19/h4-6,10,14,16-17H,7-9H2,1-3H3,(H,18,19). The van der Waals surface area contributed by atoms with Gasteiger partial charge in [0.25, 0.3) is 0 Å². The fraction of sp³-hybridized carbons (Fsp3) is 0.533. The van der Waals surface area contributed by atoms with Crippen LogP contribution in [0.1, 0.15) is 42.9 Å². The Kier molecular flexibility index (Phi) is 5.99. The van der Waals surface area contributed by atoms with Crippen molar-refractivity contribution in [3.63, 3.8) is 0 Å². The van der Waals surface area contributed by atoms with Gasteiger partial charge >= 0.3 is 5.97 Å². The van der Waals surface area contributed by atoms with Crippen LogP contribution in [0.25, 0.3) is 0 Å². The van der Waals surface area contributed by atoms with Gasteiger partial charge < -0.3 is 15.5 Å². The summed E-state index contributed by atoms with van der Waals surface area (Å²) in [6.07, 6.45) is -1.07. The Morgan fingerprint density at radius 1 is 1.37 bits per heavy atom. The van der Waals surface area contributed by atoms with Gasteiger partial charge in [-0.2, -0.15) is 0 Å². The van der Waals surface area contributed by atoms with E-state index in [1.54, 1.807) is 0 Å². The lowest BCUT2D eigenvalue weighted by Gasteiger charge is -2.13. The third kappa shape index (κ3) is 5.41. The van der Waals surface area contributed by atoms with Gasteiger partial charge in [0, 0.05) is 13.1 Å². The van der Waals surface area contributed by atoms with Gasteiger partial charge in [-0.15, -0.1) is 0 Å². The number of carboxylic acids is 1. The number of aliphatic hydroxyl groups is 1. The van der Waals surface area contributed by atoms with E-state index in [-0.39, 0.29) is 13.0 Å². The summed E-state index contributed by atoms with van der Waals surface area (Å²) in [5.41, 5.74) is 3.67. The maximum atomic E-state index is 10.4. The molecule has 0 heterocycles. The predicted molar refractivity (Wildman–Crippen MR) is 75.2 cm³/mol. The van der Waals surface area contributed by atoms with E-state index < -0.39 is 12.1 Å². The lowest BCUT2D eigenvalue weighted by atomic mass is 9.98. The number of aliphatic hydroxyl groups excluding tert-OH is 1. The second kappa shape index (κ2) is 7.26. The second-order valence-corrected chi connectivity index (χ2v) is 5.22. The summed E-state index contributed by atoms with van der Waals surface area (Å²) in [5, 5.41) is 21.1. The highest BCUT2D eigenvalue weighted by Crippen LogP contribution is 2.18. The summed E-state index contributed by atoms with van der Waals surface area (Å²) in [6.45, 7) is 7.28. The van der Waals surface area contributed by atoms with Crippen molar-refractivity contribution in [2.45, 2.75) is 45.8 Å². The molecule has 0 spiro atoms. The van der Waals surface area contributed by atoms with Crippen LogP contribution in [0, 0.1) is 6.92 Å². The van der Waals surface area contributed by atoms with Gasteiger partial charge in [0.15, 0.2) is 0 Å². The molecule has 0 aliphatic carbocycles. The van der Waals surface area contributed by atoms with E-state index in [0.717, 1.165) is 0 Å². The zero-order chi connectivity index (χ0) is 14.4. The molecule has 0 aromatic heterocycles. The van der Waals surface area contributed by atoms with Gasteiger partial charge in [0.05, 0.1) is 12.5 Å². The van der Waals surface area contributed by atoms with Crippen LogP contribution in [0.3, 0.4) is 0 Å². The van der Waals surface area contributed by atoms with Gasteiger partial charge in [0.1, 0.15) is 0 Å². The van der Waals surface area contributed by atoms with Crippen molar-refractivity contribution in [2.24, 2.45) is 0 Å². The first kappa shape index (κ1) is 15.7. The second-order valence-electron chi connectivity index (χ2n) is 5.22. The van der Waals surface area contributed by atoms with Crippen molar-refractivity contribution in [1.29, 1.82) is 0 Å². The summed E-state index contributed by atoms with van der Waals surface area (Å²) in [6, 6.07) is 6.39. The van der Waals surface area contributed by atoms with Gasteiger partial charge in [-0.25, -0.2) is 0 Å². The molecule has 1 atom stereocenters. The van der Waals surface area contributed by atoms with Crippen molar-refractivity contribution in [3.8, 4) is 0 Å². The van der Waals surface area contributed by atoms with Crippen molar-refractivity contribution in [1.82, 2.24) is 5.32 Å². The highest BCUT2D eigenvalue weighted by Gasteiger charge is 2.09. The topological polar surface area (TPSA) is 69.6 Å². The number of benzene rings is 1. The van der Waals surface area contributed by atoms with Crippen LogP contribution in [0.4, 0.5) is 0 Å². The largest absolute Gasteiger partial charge is 0.481 e. The molecule has 0 saturated heterocycles. The number of nitrogens with one attached hydrogen (secondary N) is 1. The maximum absolute atomic E-state index is 10.4. The summed E-state index contributed by atoms with van der Waals surface area (Å²) in [7, 11) is 0. The molecule has 19 heavy (non-hydrogen) atoms. The Hall–Kier alpha value is -1.39. The minimum absolute atomic E-state index is 0.224. The number of hydrogen-bond acceptors (Lipinski definition) is 3. The molecule has 0 saturated carbocycles. The summed E-state index contributed by atoms with van der Waals surface area (Å²) in [4.78, 5) is 10.4. The Morgan fingerprint density at radius 3 is 2.63 bits per heavy atom. The van der Waals surface area contributed by atoms with Crippen LogP contribution in [-0.2, 0) is 11.3 Å². The first-order valence-corrected chi connectivity index (χ1v) is 6.60.